The fourth-order valence-corrected chi connectivity index (χ4v) is 4.71. The van der Waals surface area contributed by atoms with Crippen LogP contribution in [0.4, 0.5) is 0 Å². The van der Waals surface area contributed by atoms with Crippen molar-refractivity contribution in [3.05, 3.63) is 0 Å². The van der Waals surface area contributed by atoms with E-state index in [1.165, 1.54) is 0 Å². The molecule has 27 nitrogen and oxygen atoms in total. The Bertz CT molecular complexity index is 1390. The first-order chi connectivity index (χ1) is 31.4. The Labute approximate surface area is 387 Å². The standard InChI is InChI=1S/C19H34N2O11.C11H25NO4.C10H13NO8/c1-2-13(22)11-31-5-3-4-6-32-12-14(23)8-20-15(19(29)30)7-16(24)21(9-17(25)26)10-18(27)28;1-2-10(13)8-15-5-3-4-6-16-9-11(14)7-12;1-5(12)6(10(18)19)2-7(13)11(3-8(14)15)4-9(16)17/h13-15,20,22-23H,2-12H2,1H3,(H,25,26)(H,27,28)(H,29,30);10-11,13-14H,2-9,12H2,1H3;6H,2-4H2,1H3,(H,14,15)(H,16,17)(H,18,19). The molecule has 0 aliphatic rings. The van der Waals surface area contributed by atoms with Crippen molar-refractivity contribution in [1.29, 1.82) is 0 Å². The largest absolute Gasteiger partial charge is 0.481 e. The number of carbonyl (C=O) groups is 9. The number of nitrogens with one attached hydrogen (secondary N) is 1. The van der Waals surface area contributed by atoms with Crippen LogP contribution < -0.4 is 11.1 Å². The van der Waals surface area contributed by atoms with Crippen LogP contribution in [-0.4, -0.2) is 237 Å². The highest BCUT2D eigenvalue weighted by Crippen LogP contribution is 2.09. The van der Waals surface area contributed by atoms with Crippen LogP contribution in [0.5, 0.6) is 0 Å². The van der Waals surface area contributed by atoms with Gasteiger partial charge in [-0.25, -0.2) is 0 Å². The average Bonchev–Trinajstić information content (AvgIpc) is 3.24. The highest BCUT2D eigenvalue weighted by molar-refractivity contribution is 6.01. The van der Waals surface area contributed by atoms with E-state index in [9.17, 15) is 63.6 Å². The summed E-state index contributed by atoms with van der Waals surface area (Å²) in [5.74, 6) is -13.1. The zero-order valence-electron chi connectivity index (χ0n) is 38.3. The Balaban J connectivity index is -0.000000995. The lowest BCUT2D eigenvalue weighted by atomic mass is 10.0. The van der Waals surface area contributed by atoms with Crippen molar-refractivity contribution < 1.29 is 113 Å². The molecule has 2 amide bonds. The number of nitrogens with two attached hydrogens (primary N) is 1. The van der Waals surface area contributed by atoms with Crippen molar-refractivity contribution in [2.45, 2.75) is 103 Å². The number of hydrogen-bond acceptors (Lipinski definition) is 19. The van der Waals surface area contributed by atoms with Crippen molar-refractivity contribution in [2.24, 2.45) is 11.7 Å². The van der Waals surface area contributed by atoms with E-state index in [0.29, 0.717) is 68.7 Å². The summed E-state index contributed by atoms with van der Waals surface area (Å²) in [6.45, 7) is 4.23. The molecule has 6 atom stereocenters. The highest BCUT2D eigenvalue weighted by Gasteiger charge is 2.30. The number of aliphatic carboxylic acids is 6. The van der Waals surface area contributed by atoms with Gasteiger partial charge in [0.05, 0.1) is 57.3 Å². The molecule has 0 aromatic carbocycles. The predicted molar refractivity (Wildman–Crippen MR) is 230 cm³/mol. The molecule has 0 aromatic heterocycles. The molecule has 27 heteroatoms. The van der Waals surface area contributed by atoms with Gasteiger partial charge in [0, 0.05) is 45.9 Å². The van der Waals surface area contributed by atoms with Crippen LogP contribution in [0.3, 0.4) is 0 Å². The third-order valence-electron chi connectivity index (χ3n) is 8.56. The molecule has 0 aromatic rings. The second kappa shape index (κ2) is 41.2. The van der Waals surface area contributed by atoms with E-state index in [1.807, 2.05) is 13.8 Å². The molecule has 6 unspecified atom stereocenters. The molecule has 390 valence electrons. The monoisotopic (exact) mass is 976 g/mol. The quantitative estimate of drug-likeness (QED) is 0.0215. The highest BCUT2D eigenvalue weighted by atomic mass is 16.5. The van der Waals surface area contributed by atoms with Crippen LogP contribution >= 0.6 is 0 Å². The van der Waals surface area contributed by atoms with Gasteiger partial charge in [0.15, 0.2) is 0 Å². The Kier molecular flexibility index (Phi) is 40.8. The lowest BCUT2D eigenvalue weighted by molar-refractivity contribution is -0.153. The number of carbonyl (C=O) groups excluding carboxylic acids is 3. The SMILES string of the molecule is CC(=O)C(CC(=O)N(CC(=O)O)CC(=O)O)C(=O)O.CCC(O)COCCCCOCC(O)CN.CCC(O)COCCCCOCC(O)CNC(CC(=O)N(CC(=O)O)CC(=O)O)C(=O)O. The molecule has 0 aliphatic heterocycles. The molecule has 0 heterocycles. The Hall–Kier alpha value is -4.97. The number of ketones is 1. The summed E-state index contributed by atoms with van der Waals surface area (Å²) >= 11 is 0. The molecule has 0 bridgehead atoms. The van der Waals surface area contributed by atoms with E-state index in [0.717, 1.165) is 26.2 Å². The van der Waals surface area contributed by atoms with Gasteiger partial charge in [0.2, 0.25) is 11.8 Å². The number of hydrogen-bond donors (Lipinski definition) is 12. The van der Waals surface area contributed by atoms with Crippen LogP contribution in [0, 0.1) is 5.92 Å². The lowest BCUT2D eigenvalue weighted by Gasteiger charge is -2.22. The first-order valence-electron chi connectivity index (χ1n) is 21.3. The first-order valence-corrected chi connectivity index (χ1v) is 21.3. The summed E-state index contributed by atoms with van der Waals surface area (Å²) in [6, 6.07) is -1.45. The minimum absolute atomic E-state index is 0.0765. The van der Waals surface area contributed by atoms with Gasteiger partial charge in [-0.15, -0.1) is 0 Å². The molecule has 0 rings (SSSR count). The Morgan fingerprint density at radius 3 is 1.12 bits per heavy atom. The summed E-state index contributed by atoms with van der Waals surface area (Å²) in [5, 5.41) is 92.6. The molecule has 0 aliphatic carbocycles. The molecular weight excluding hydrogens is 904 g/mol. The van der Waals surface area contributed by atoms with E-state index in [2.05, 4.69) is 5.32 Å². The first kappa shape index (κ1) is 66.3. The maximum Gasteiger partial charge on any atom is 0.323 e. The Morgan fingerprint density at radius 2 is 0.836 bits per heavy atom. The molecule has 0 saturated carbocycles. The fraction of sp³-hybridized carbons (Fsp3) is 0.775. The number of rotatable bonds is 39. The van der Waals surface area contributed by atoms with Crippen molar-refractivity contribution in [1.82, 2.24) is 15.1 Å². The smallest absolute Gasteiger partial charge is 0.323 e. The summed E-state index contributed by atoms with van der Waals surface area (Å²) < 4.78 is 21.0. The predicted octanol–water partition coefficient (Wildman–Crippen LogP) is -3.08. The van der Waals surface area contributed by atoms with Gasteiger partial charge in [-0.1, -0.05) is 13.8 Å². The maximum atomic E-state index is 12.1. The van der Waals surface area contributed by atoms with Crippen LogP contribution in [0.1, 0.15) is 72.1 Å². The van der Waals surface area contributed by atoms with E-state index < -0.39 is 123 Å². The van der Waals surface area contributed by atoms with E-state index in [-0.39, 0.29) is 32.4 Å². The number of amides is 2. The molecule has 13 N–H and O–H groups in total. The van der Waals surface area contributed by atoms with Gasteiger partial charge in [-0.2, -0.15) is 0 Å². The topological polar surface area (TPSA) is 437 Å². The van der Waals surface area contributed by atoms with Crippen LogP contribution in [-0.2, 0) is 62.1 Å². The number of unbranched alkanes of at least 4 members (excludes halogenated alkanes) is 2. The molecule has 0 radical (unpaired) electrons. The van der Waals surface area contributed by atoms with Gasteiger partial charge < -0.3 is 90.9 Å². The fourth-order valence-electron chi connectivity index (χ4n) is 4.71. The molecule has 0 fully saturated rings. The maximum absolute atomic E-state index is 12.1. The normalized spacial score (nSPS) is 13.4. The number of carboxylic acid groups (broad SMARTS) is 6. The van der Waals surface area contributed by atoms with E-state index in [1.54, 1.807) is 0 Å². The molecular formula is C40H72N4O23. The lowest BCUT2D eigenvalue weighted by Crippen LogP contribution is -2.47. The van der Waals surface area contributed by atoms with Crippen molar-refractivity contribution >= 4 is 53.4 Å². The van der Waals surface area contributed by atoms with Crippen LogP contribution in [0.2, 0.25) is 0 Å². The van der Waals surface area contributed by atoms with Crippen LogP contribution in [0.15, 0.2) is 0 Å². The average molecular weight is 977 g/mol. The third-order valence-corrected chi connectivity index (χ3v) is 8.56. The zero-order chi connectivity index (χ0) is 51.9. The number of ether oxygens (including phenoxy) is 4. The summed E-state index contributed by atoms with van der Waals surface area (Å²) in [7, 11) is 0. The van der Waals surface area contributed by atoms with Gasteiger partial charge in [0.25, 0.3) is 0 Å². The summed E-state index contributed by atoms with van der Waals surface area (Å²) in [4.78, 5) is 100. The molecule has 0 saturated heterocycles. The van der Waals surface area contributed by atoms with E-state index >= 15 is 0 Å². The van der Waals surface area contributed by atoms with Crippen LogP contribution in [0.25, 0.3) is 0 Å². The minimum Gasteiger partial charge on any atom is -0.481 e. The number of Topliss-reactive ketones (excluding diaryl/α,β-unsaturated/α-hetero) is 1. The Morgan fingerprint density at radius 1 is 0.507 bits per heavy atom. The zero-order valence-corrected chi connectivity index (χ0v) is 38.3. The van der Waals surface area contributed by atoms with Gasteiger partial charge >= 0.3 is 35.8 Å². The number of carboxylic acids is 6. The van der Waals surface area contributed by atoms with Crippen molar-refractivity contribution in [2.75, 3.05) is 92.1 Å². The number of aliphatic hydroxyl groups excluding tert-OH is 4. The summed E-state index contributed by atoms with van der Waals surface area (Å²) in [5.41, 5.74) is 5.22. The second-order valence-corrected chi connectivity index (χ2v) is 14.7. The van der Waals surface area contributed by atoms with Crippen molar-refractivity contribution in [3.63, 3.8) is 0 Å². The third kappa shape index (κ3) is 41.0. The minimum atomic E-state index is -1.61. The molecule has 67 heavy (non-hydrogen) atoms. The summed E-state index contributed by atoms with van der Waals surface area (Å²) in [6.07, 6.45) is 0.597. The van der Waals surface area contributed by atoms with Gasteiger partial charge in [-0.05, 0) is 45.4 Å². The van der Waals surface area contributed by atoms with Gasteiger partial charge in [0.1, 0.15) is 43.9 Å². The number of aliphatic hydroxyl groups is 4. The number of nitrogens with zero attached hydrogens (tertiary/aromatic N) is 2. The van der Waals surface area contributed by atoms with Crippen molar-refractivity contribution in [3.8, 4) is 0 Å². The van der Waals surface area contributed by atoms with E-state index in [4.69, 9.17) is 55.3 Å². The second-order valence-electron chi connectivity index (χ2n) is 14.7. The molecule has 0 spiro atoms. The van der Waals surface area contributed by atoms with Gasteiger partial charge in [-0.3, -0.25) is 43.2 Å².